The Morgan fingerprint density at radius 1 is 0.581 bits per heavy atom. The number of fused-ring (bicyclic) bond motifs is 2. The summed E-state index contributed by atoms with van der Waals surface area (Å²) < 4.78 is 0. The molecule has 0 bridgehead atoms. The quantitative estimate of drug-likeness (QED) is 0.290. The summed E-state index contributed by atoms with van der Waals surface area (Å²) in [5, 5.41) is 12.4. The molecule has 31 heavy (non-hydrogen) atoms. The second kappa shape index (κ2) is 7.41. The molecule has 0 N–H and O–H groups in total. The molecule has 0 saturated carbocycles. The Kier molecular flexibility index (Phi) is 4.28. The molecule has 1 aliphatic rings. The first kappa shape index (κ1) is 17.9. The molecule has 1 aliphatic heterocycles. The molecule has 0 aromatic heterocycles. The number of hydrazone groups is 1. The van der Waals surface area contributed by atoms with Gasteiger partial charge in [-0.3, -0.25) is 5.01 Å². The summed E-state index contributed by atoms with van der Waals surface area (Å²) in [6, 6.07) is 41.2. The van der Waals surface area contributed by atoms with Crippen molar-refractivity contribution in [1.29, 1.82) is 0 Å². The van der Waals surface area contributed by atoms with Crippen LogP contribution in [0.2, 0.25) is 0 Å². The fourth-order valence-electron chi connectivity index (χ4n) is 4.56. The molecule has 2 heteroatoms. The first-order valence-corrected chi connectivity index (χ1v) is 10.7. The third-order valence-electron chi connectivity index (χ3n) is 6.15. The van der Waals surface area contributed by atoms with Crippen LogP contribution in [0.1, 0.15) is 23.6 Å². The maximum absolute atomic E-state index is 5.07. The molecule has 148 valence electrons. The second-order valence-corrected chi connectivity index (χ2v) is 8.12. The van der Waals surface area contributed by atoms with Crippen molar-refractivity contribution in [2.75, 3.05) is 5.01 Å². The van der Waals surface area contributed by atoms with Gasteiger partial charge in [-0.1, -0.05) is 84.9 Å². The van der Waals surface area contributed by atoms with Crippen molar-refractivity contribution >= 4 is 32.9 Å². The SMILES string of the molecule is c1ccc(C2=NN(c3ccccc3)C(c3ccc4cc5ccccc5cc4c3)C2)cc1. The minimum Gasteiger partial charge on any atom is -0.257 e. The maximum atomic E-state index is 5.07. The van der Waals surface area contributed by atoms with E-state index in [0.29, 0.717) is 0 Å². The molecule has 0 radical (unpaired) electrons. The first-order valence-electron chi connectivity index (χ1n) is 10.7. The van der Waals surface area contributed by atoms with Crippen LogP contribution in [0.4, 0.5) is 5.69 Å². The normalized spacial score (nSPS) is 16.1. The largest absolute Gasteiger partial charge is 0.257 e. The maximum Gasteiger partial charge on any atom is 0.0832 e. The molecule has 1 atom stereocenters. The minimum atomic E-state index is 0.175. The summed E-state index contributed by atoms with van der Waals surface area (Å²) in [5.74, 6) is 0. The molecule has 0 aliphatic carbocycles. The molecule has 0 amide bonds. The molecule has 0 saturated heterocycles. The second-order valence-electron chi connectivity index (χ2n) is 8.12. The number of hydrogen-bond acceptors (Lipinski definition) is 2. The van der Waals surface area contributed by atoms with Crippen molar-refractivity contribution in [1.82, 2.24) is 0 Å². The summed E-state index contributed by atoms with van der Waals surface area (Å²) in [5.41, 5.74) is 4.74. The monoisotopic (exact) mass is 398 g/mol. The molecule has 5 aromatic rings. The lowest BCUT2D eigenvalue weighted by molar-refractivity contribution is 0.710. The van der Waals surface area contributed by atoms with Gasteiger partial charge in [-0.15, -0.1) is 0 Å². The van der Waals surface area contributed by atoms with E-state index in [1.165, 1.54) is 32.7 Å². The summed E-state index contributed by atoms with van der Waals surface area (Å²) in [7, 11) is 0. The molecular weight excluding hydrogens is 376 g/mol. The van der Waals surface area contributed by atoms with Gasteiger partial charge in [0.15, 0.2) is 0 Å². The molecule has 5 aromatic carbocycles. The Bertz CT molecular complexity index is 1400. The van der Waals surface area contributed by atoms with E-state index in [-0.39, 0.29) is 6.04 Å². The molecular formula is C29H22N2. The summed E-state index contributed by atoms with van der Waals surface area (Å²) in [6.45, 7) is 0. The summed E-state index contributed by atoms with van der Waals surface area (Å²) in [6.07, 6.45) is 0.887. The van der Waals surface area contributed by atoms with Gasteiger partial charge in [-0.05, 0) is 63.0 Å². The molecule has 6 rings (SSSR count). The lowest BCUT2D eigenvalue weighted by Gasteiger charge is -2.24. The van der Waals surface area contributed by atoms with E-state index in [2.05, 4.69) is 120 Å². The van der Waals surface area contributed by atoms with Crippen LogP contribution in [0.3, 0.4) is 0 Å². The van der Waals surface area contributed by atoms with Gasteiger partial charge in [0.05, 0.1) is 17.4 Å². The molecule has 1 heterocycles. The lowest BCUT2D eigenvalue weighted by atomic mass is 9.95. The van der Waals surface area contributed by atoms with Gasteiger partial charge >= 0.3 is 0 Å². The van der Waals surface area contributed by atoms with Crippen LogP contribution in [0.25, 0.3) is 21.5 Å². The lowest BCUT2D eigenvalue weighted by Crippen LogP contribution is -2.18. The predicted octanol–water partition coefficient (Wildman–Crippen LogP) is 7.35. The number of rotatable bonds is 3. The summed E-state index contributed by atoms with van der Waals surface area (Å²) in [4.78, 5) is 0. The van der Waals surface area contributed by atoms with Crippen LogP contribution in [0.15, 0.2) is 120 Å². The van der Waals surface area contributed by atoms with Gasteiger partial charge in [0.25, 0.3) is 0 Å². The van der Waals surface area contributed by atoms with E-state index in [4.69, 9.17) is 5.10 Å². The fourth-order valence-corrected chi connectivity index (χ4v) is 4.56. The van der Waals surface area contributed by atoms with Gasteiger partial charge in [-0.25, -0.2) is 0 Å². The number of anilines is 1. The highest BCUT2D eigenvalue weighted by atomic mass is 15.5. The van der Waals surface area contributed by atoms with E-state index >= 15 is 0 Å². The van der Waals surface area contributed by atoms with Crippen LogP contribution in [-0.4, -0.2) is 5.71 Å². The average molecular weight is 399 g/mol. The molecule has 0 fully saturated rings. The van der Waals surface area contributed by atoms with Crippen molar-refractivity contribution in [2.45, 2.75) is 12.5 Å². The van der Waals surface area contributed by atoms with Crippen LogP contribution < -0.4 is 5.01 Å². The Labute approximate surface area is 182 Å². The third-order valence-corrected chi connectivity index (χ3v) is 6.15. The standard InChI is InChI=1S/C29H22N2/c1-3-9-21(10-4-1)28-20-29(31(30-28)27-13-5-2-6-14-27)25-16-15-24-17-22-11-7-8-12-23(22)18-26(24)19-25/h1-19,29H,20H2. The van der Waals surface area contributed by atoms with E-state index in [0.717, 1.165) is 17.8 Å². The fraction of sp³-hybridized carbons (Fsp3) is 0.0690. The molecule has 0 spiro atoms. The van der Waals surface area contributed by atoms with Crippen molar-refractivity contribution in [2.24, 2.45) is 5.10 Å². The smallest absolute Gasteiger partial charge is 0.0832 e. The van der Waals surface area contributed by atoms with Crippen LogP contribution >= 0.6 is 0 Å². The van der Waals surface area contributed by atoms with Crippen molar-refractivity contribution < 1.29 is 0 Å². The average Bonchev–Trinajstić information content (AvgIpc) is 3.29. The predicted molar refractivity (Wildman–Crippen MR) is 131 cm³/mol. The van der Waals surface area contributed by atoms with Crippen molar-refractivity contribution in [3.8, 4) is 0 Å². The van der Waals surface area contributed by atoms with Crippen molar-refractivity contribution in [3.05, 3.63) is 126 Å². The molecule has 2 nitrogen and oxygen atoms in total. The van der Waals surface area contributed by atoms with E-state index < -0.39 is 0 Å². The Morgan fingerprint density at radius 3 is 1.94 bits per heavy atom. The zero-order valence-electron chi connectivity index (χ0n) is 17.1. The van der Waals surface area contributed by atoms with Crippen LogP contribution in [-0.2, 0) is 0 Å². The summed E-state index contributed by atoms with van der Waals surface area (Å²) >= 11 is 0. The highest BCUT2D eigenvalue weighted by Crippen LogP contribution is 2.38. The minimum absolute atomic E-state index is 0.175. The zero-order chi connectivity index (χ0) is 20.6. The highest BCUT2D eigenvalue weighted by molar-refractivity contribution is 6.03. The number of nitrogens with zero attached hydrogens (tertiary/aromatic N) is 2. The number of benzene rings is 5. The molecule has 1 unspecified atom stereocenters. The number of para-hydroxylation sites is 1. The van der Waals surface area contributed by atoms with E-state index in [9.17, 15) is 0 Å². The van der Waals surface area contributed by atoms with Gasteiger partial charge in [0, 0.05) is 6.42 Å². The highest BCUT2D eigenvalue weighted by Gasteiger charge is 2.29. The number of hydrogen-bond donors (Lipinski definition) is 0. The first-order chi connectivity index (χ1) is 15.3. The topological polar surface area (TPSA) is 15.6 Å². The Morgan fingerprint density at radius 2 is 1.19 bits per heavy atom. The van der Waals surface area contributed by atoms with Crippen molar-refractivity contribution in [3.63, 3.8) is 0 Å². The van der Waals surface area contributed by atoms with Crippen LogP contribution in [0, 0.1) is 0 Å². The van der Waals surface area contributed by atoms with Gasteiger partial charge in [-0.2, -0.15) is 5.10 Å². The zero-order valence-corrected chi connectivity index (χ0v) is 17.1. The third kappa shape index (κ3) is 3.27. The van der Waals surface area contributed by atoms with E-state index in [1.54, 1.807) is 0 Å². The van der Waals surface area contributed by atoms with Gasteiger partial charge in [0.1, 0.15) is 0 Å². The Hall–Kier alpha value is -3.91. The van der Waals surface area contributed by atoms with Gasteiger partial charge < -0.3 is 0 Å². The van der Waals surface area contributed by atoms with E-state index in [1.807, 2.05) is 0 Å². The van der Waals surface area contributed by atoms with Gasteiger partial charge in [0.2, 0.25) is 0 Å². The Balaban J connectivity index is 1.45. The van der Waals surface area contributed by atoms with Crippen LogP contribution in [0.5, 0.6) is 0 Å².